The van der Waals surface area contributed by atoms with E-state index in [2.05, 4.69) is 45.9 Å². The Balaban J connectivity index is 2.42. The van der Waals surface area contributed by atoms with Crippen molar-refractivity contribution in [2.45, 2.75) is 46.6 Å². The standard InChI is InChI=1S/C21H30O3/c1-5-13(2)20-15(4)12-17-18(22)11-10-14(3)21(17)16(20)8-6-7-9-19(23)24/h5-9,12,14,16-18,20-22H,10-11H2,1-4H3,(H,23,24)/b8-6+,9-7+,13-5+/t14-,16?,17?,18-,20+,21?/m0/s1. The van der Waals surface area contributed by atoms with Crippen molar-refractivity contribution < 1.29 is 15.0 Å². The van der Waals surface area contributed by atoms with Crippen LogP contribution in [0.4, 0.5) is 0 Å². The summed E-state index contributed by atoms with van der Waals surface area (Å²) in [5.41, 5.74) is 2.66. The average molecular weight is 330 g/mol. The second-order valence-corrected chi connectivity index (χ2v) is 7.36. The lowest BCUT2D eigenvalue weighted by Crippen LogP contribution is -2.45. The Morgan fingerprint density at radius 2 is 2.00 bits per heavy atom. The smallest absolute Gasteiger partial charge is 0.328 e. The van der Waals surface area contributed by atoms with Crippen molar-refractivity contribution in [2.75, 3.05) is 0 Å². The van der Waals surface area contributed by atoms with Crippen LogP contribution in [0.2, 0.25) is 0 Å². The number of allylic oxidation sites excluding steroid dienone is 6. The van der Waals surface area contributed by atoms with Crippen LogP contribution >= 0.6 is 0 Å². The fourth-order valence-corrected chi connectivity index (χ4v) is 4.66. The van der Waals surface area contributed by atoms with E-state index in [1.807, 2.05) is 6.08 Å². The highest BCUT2D eigenvalue weighted by atomic mass is 16.4. The van der Waals surface area contributed by atoms with Gasteiger partial charge in [0.1, 0.15) is 0 Å². The average Bonchev–Trinajstić information content (AvgIpc) is 2.53. The Hall–Kier alpha value is -1.61. The first kappa shape index (κ1) is 18.7. The zero-order valence-corrected chi connectivity index (χ0v) is 15.1. The summed E-state index contributed by atoms with van der Waals surface area (Å²) in [6.07, 6.45) is 12.9. The molecule has 2 rings (SSSR count). The zero-order valence-electron chi connectivity index (χ0n) is 15.1. The number of carboxylic acids is 1. The van der Waals surface area contributed by atoms with Gasteiger partial charge < -0.3 is 10.2 Å². The molecule has 24 heavy (non-hydrogen) atoms. The summed E-state index contributed by atoms with van der Waals surface area (Å²) in [5.74, 6) is 0.838. The minimum Gasteiger partial charge on any atom is -0.478 e. The molecule has 0 bridgehead atoms. The van der Waals surface area contributed by atoms with Crippen molar-refractivity contribution in [1.29, 1.82) is 0 Å². The summed E-state index contributed by atoms with van der Waals surface area (Å²) in [4.78, 5) is 10.7. The van der Waals surface area contributed by atoms with Crippen molar-refractivity contribution in [2.24, 2.45) is 29.6 Å². The highest BCUT2D eigenvalue weighted by molar-refractivity contribution is 5.80. The molecule has 3 heteroatoms. The number of fused-ring (bicyclic) bond motifs is 1. The van der Waals surface area contributed by atoms with Crippen molar-refractivity contribution in [3.8, 4) is 0 Å². The van der Waals surface area contributed by atoms with Crippen LogP contribution in [0.3, 0.4) is 0 Å². The Kier molecular flexibility index (Phi) is 6.22. The second-order valence-electron chi connectivity index (χ2n) is 7.36. The topological polar surface area (TPSA) is 57.5 Å². The number of aliphatic carboxylic acids is 1. The molecule has 0 amide bonds. The molecule has 0 aromatic rings. The molecular weight excluding hydrogens is 300 g/mol. The van der Waals surface area contributed by atoms with Crippen molar-refractivity contribution >= 4 is 5.97 Å². The molecule has 0 spiro atoms. The Morgan fingerprint density at radius 3 is 2.62 bits per heavy atom. The second kappa shape index (κ2) is 7.98. The molecule has 2 aliphatic carbocycles. The molecule has 6 atom stereocenters. The molecule has 0 saturated heterocycles. The van der Waals surface area contributed by atoms with Gasteiger partial charge in [-0.25, -0.2) is 4.79 Å². The van der Waals surface area contributed by atoms with Gasteiger partial charge in [-0.1, -0.05) is 48.5 Å². The van der Waals surface area contributed by atoms with E-state index in [0.717, 1.165) is 18.9 Å². The Labute approximate surface area is 145 Å². The summed E-state index contributed by atoms with van der Waals surface area (Å²) in [5, 5.41) is 19.3. The molecule has 1 fully saturated rings. The molecule has 0 heterocycles. The predicted octanol–water partition coefficient (Wildman–Crippen LogP) is 4.37. The van der Waals surface area contributed by atoms with Crippen LogP contribution in [0.1, 0.15) is 40.5 Å². The monoisotopic (exact) mass is 330 g/mol. The maximum absolute atomic E-state index is 10.7. The van der Waals surface area contributed by atoms with Crippen LogP contribution in [0.25, 0.3) is 0 Å². The molecular formula is C21H30O3. The molecule has 1 saturated carbocycles. The summed E-state index contributed by atoms with van der Waals surface area (Å²) >= 11 is 0. The van der Waals surface area contributed by atoms with Crippen molar-refractivity contribution in [1.82, 2.24) is 0 Å². The molecule has 3 unspecified atom stereocenters. The SMILES string of the molecule is C/C=C(\C)[C@@H]1C(C)=CC2C(C1/C=C/C=C/C(=O)O)[C@@H](C)CC[C@@H]2O. The third kappa shape index (κ3) is 3.89. The quantitative estimate of drug-likeness (QED) is 0.457. The molecule has 0 radical (unpaired) electrons. The first-order valence-corrected chi connectivity index (χ1v) is 8.93. The molecule has 2 aliphatic rings. The fraction of sp³-hybridized carbons (Fsp3) is 0.571. The van der Waals surface area contributed by atoms with Gasteiger partial charge in [0.2, 0.25) is 0 Å². The molecule has 0 aromatic carbocycles. The lowest BCUT2D eigenvalue weighted by Gasteiger charge is -2.48. The molecule has 132 valence electrons. The number of hydrogen-bond donors (Lipinski definition) is 2. The van der Waals surface area contributed by atoms with E-state index in [1.165, 1.54) is 11.1 Å². The normalized spacial score (nSPS) is 37.5. The van der Waals surface area contributed by atoms with Crippen molar-refractivity contribution in [3.05, 3.63) is 47.6 Å². The lowest BCUT2D eigenvalue weighted by atomic mass is 9.57. The van der Waals surface area contributed by atoms with E-state index < -0.39 is 5.97 Å². The van der Waals surface area contributed by atoms with E-state index in [0.29, 0.717) is 23.7 Å². The van der Waals surface area contributed by atoms with Gasteiger partial charge in [0, 0.05) is 17.9 Å². The van der Waals surface area contributed by atoms with Gasteiger partial charge in [0.05, 0.1) is 6.10 Å². The molecule has 0 aliphatic heterocycles. The number of rotatable bonds is 4. The number of hydrogen-bond acceptors (Lipinski definition) is 2. The van der Waals surface area contributed by atoms with Crippen LogP contribution in [0.15, 0.2) is 47.6 Å². The third-order valence-electron chi connectivity index (χ3n) is 5.87. The number of carbonyl (C=O) groups is 1. The number of carboxylic acid groups (broad SMARTS) is 1. The van der Waals surface area contributed by atoms with Gasteiger partial charge in [0.15, 0.2) is 0 Å². The zero-order chi connectivity index (χ0) is 17.9. The fourth-order valence-electron chi connectivity index (χ4n) is 4.66. The van der Waals surface area contributed by atoms with E-state index in [-0.39, 0.29) is 12.0 Å². The molecule has 0 aromatic heterocycles. The van der Waals surface area contributed by atoms with Crippen LogP contribution in [-0.2, 0) is 4.79 Å². The first-order valence-electron chi connectivity index (χ1n) is 8.93. The van der Waals surface area contributed by atoms with Gasteiger partial charge in [-0.05, 0) is 51.4 Å². The van der Waals surface area contributed by atoms with Crippen LogP contribution in [0, 0.1) is 29.6 Å². The van der Waals surface area contributed by atoms with E-state index in [4.69, 9.17) is 5.11 Å². The number of aliphatic hydroxyl groups is 1. The van der Waals surface area contributed by atoms with Gasteiger partial charge in [-0.15, -0.1) is 0 Å². The molecule has 2 N–H and O–H groups in total. The van der Waals surface area contributed by atoms with Gasteiger partial charge >= 0.3 is 5.97 Å². The van der Waals surface area contributed by atoms with Gasteiger partial charge in [-0.3, -0.25) is 0 Å². The highest BCUT2D eigenvalue weighted by Gasteiger charge is 2.45. The minimum atomic E-state index is -0.931. The maximum Gasteiger partial charge on any atom is 0.328 e. The van der Waals surface area contributed by atoms with E-state index in [1.54, 1.807) is 6.08 Å². The van der Waals surface area contributed by atoms with Gasteiger partial charge in [-0.2, -0.15) is 0 Å². The molecule has 3 nitrogen and oxygen atoms in total. The Bertz CT molecular complexity index is 582. The minimum absolute atomic E-state index is 0.202. The van der Waals surface area contributed by atoms with E-state index >= 15 is 0 Å². The van der Waals surface area contributed by atoms with Gasteiger partial charge in [0.25, 0.3) is 0 Å². The summed E-state index contributed by atoms with van der Waals surface area (Å²) in [6, 6.07) is 0. The highest BCUT2D eigenvalue weighted by Crippen LogP contribution is 2.50. The summed E-state index contributed by atoms with van der Waals surface area (Å²) in [7, 11) is 0. The Morgan fingerprint density at radius 1 is 1.29 bits per heavy atom. The van der Waals surface area contributed by atoms with E-state index in [9.17, 15) is 9.90 Å². The summed E-state index contributed by atoms with van der Waals surface area (Å²) < 4.78 is 0. The maximum atomic E-state index is 10.7. The lowest BCUT2D eigenvalue weighted by molar-refractivity contribution is -0.131. The van der Waals surface area contributed by atoms with Crippen LogP contribution < -0.4 is 0 Å². The van der Waals surface area contributed by atoms with Crippen LogP contribution in [-0.4, -0.2) is 22.3 Å². The first-order chi connectivity index (χ1) is 11.4. The number of aliphatic hydroxyl groups excluding tert-OH is 1. The van der Waals surface area contributed by atoms with Crippen LogP contribution in [0.5, 0.6) is 0 Å². The largest absolute Gasteiger partial charge is 0.478 e. The predicted molar refractivity (Wildman–Crippen MR) is 97.5 cm³/mol. The van der Waals surface area contributed by atoms with Crippen molar-refractivity contribution in [3.63, 3.8) is 0 Å². The summed E-state index contributed by atoms with van der Waals surface area (Å²) in [6.45, 7) is 8.68. The third-order valence-corrected chi connectivity index (χ3v) is 5.87.